The van der Waals surface area contributed by atoms with Gasteiger partial charge in [-0.3, -0.25) is 4.79 Å². The number of carbonyl (C=O) groups is 1. The van der Waals surface area contributed by atoms with Crippen LogP contribution in [-0.2, 0) is 21.4 Å². The molecule has 6 nitrogen and oxygen atoms in total. The van der Waals surface area contributed by atoms with E-state index in [9.17, 15) is 13.2 Å². The molecule has 1 fully saturated rings. The summed E-state index contributed by atoms with van der Waals surface area (Å²) in [4.78, 5) is 12.9. The Morgan fingerprint density at radius 1 is 1.10 bits per heavy atom. The van der Waals surface area contributed by atoms with Crippen LogP contribution >= 0.6 is 0 Å². The van der Waals surface area contributed by atoms with Gasteiger partial charge >= 0.3 is 0 Å². The molecule has 1 saturated heterocycles. The second-order valence-corrected chi connectivity index (χ2v) is 9.47. The van der Waals surface area contributed by atoms with E-state index in [1.54, 1.807) is 19.2 Å². The van der Waals surface area contributed by atoms with Gasteiger partial charge in [-0.15, -0.1) is 0 Å². The highest BCUT2D eigenvalue weighted by Gasteiger charge is 2.32. The summed E-state index contributed by atoms with van der Waals surface area (Å²) < 4.78 is 32.7. The molecule has 0 unspecified atom stereocenters. The maximum absolute atomic E-state index is 13.0. The number of para-hydroxylation sites is 1. The van der Waals surface area contributed by atoms with Crippen molar-refractivity contribution in [2.24, 2.45) is 5.92 Å². The quantitative estimate of drug-likeness (QED) is 0.785. The number of hydrogen-bond donors (Lipinski definition) is 1. The Labute approximate surface area is 172 Å². The molecule has 3 rings (SSSR count). The zero-order chi connectivity index (χ0) is 21.0. The number of rotatable bonds is 6. The molecule has 156 valence electrons. The van der Waals surface area contributed by atoms with Crippen molar-refractivity contribution in [1.29, 1.82) is 0 Å². The molecule has 7 heteroatoms. The van der Waals surface area contributed by atoms with Crippen molar-refractivity contribution in [3.05, 3.63) is 59.2 Å². The Morgan fingerprint density at radius 2 is 1.72 bits per heavy atom. The number of ether oxygens (including phenoxy) is 1. The van der Waals surface area contributed by atoms with E-state index in [1.807, 2.05) is 44.2 Å². The zero-order valence-electron chi connectivity index (χ0n) is 17.1. The van der Waals surface area contributed by atoms with Gasteiger partial charge in [-0.1, -0.05) is 24.3 Å². The lowest BCUT2D eigenvalue weighted by molar-refractivity contribution is -0.126. The number of nitrogens with zero attached hydrogens (tertiary/aromatic N) is 1. The molecule has 1 N–H and O–H groups in total. The first-order chi connectivity index (χ1) is 13.8. The van der Waals surface area contributed by atoms with Crippen molar-refractivity contribution in [2.45, 2.75) is 38.1 Å². The zero-order valence-corrected chi connectivity index (χ0v) is 18.0. The fourth-order valence-electron chi connectivity index (χ4n) is 3.76. The van der Waals surface area contributed by atoms with Crippen molar-refractivity contribution in [2.75, 3.05) is 20.2 Å². The molecular weight excluding hydrogens is 388 g/mol. The molecule has 0 bridgehead atoms. The number of piperidine rings is 1. The smallest absolute Gasteiger partial charge is 0.243 e. The topological polar surface area (TPSA) is 75.7 Å². The molecule has 1 aliphatic heterocycles. The summed E-state index contributed by atoms with van der Waals surface area (Å²) in [5.41, 5.74) is 2.77. The van der Waals surface area contributed by atoms with Crippen LogP contribution in [0.2, 0.25) is 0 Å². The molecule has 0 saturated carbocycles. The monoisotopic (exact) mass is 416 g/mol. The Balaban J connectivity index is 1.59. The average Bonchev–Trinajstić information content (AvgIpc) is 2.71. The van der Waals surface area contributed by atoms with Crippen LogP contribution in [0.15, 0.2) is 47.4 Å². The largest absolute Gasteiger partial charge is 0.496 e. The summed E-state index contributed by atoms with van der Waals surface area (Å²) >= 11 is 0. The van der Waals surface area contributed by atoms with Gasteiger partial charge in [0.05, 0.1) is 12.0 Å². The second kappa shape index (κ2) is 8.97. The minimum atomic E-state index is -3.54. The van der Waals surface area contributed by atoms with E-state index >= 15 is 0 Å². The lowest BCUT2D eigenvalue weighted by Gasteiger charge is -2.30. The van der Waals surface area contributed by atoms with Crippen LogP contribution < -0.4 is 10.1 Å². The first-order valence-electron chi connectivity index (χ1n) is 9.79. The summed E-state index contributed by atoms with van der Waals surface area (Å²) in [7, 11) is -1.93. The molecule has 0 spiro atoms. The molecule has 0 aliphatic carbocycles. The van der Waals surface area contributed by atoms with E-state index in [-0.39, 0.29) is 11.8 Å². The van der Waals surface area contributed by atoms with Crippen LogP contribution in [0.4, 0.5) is 0 Å². The van der Waals surface area contributed by atoms with E-state index in [0.29, 0.717) is 37.4 Å². The van der Waals surface area contributed by atoms with Gasteiger partial charge < -0.3 is 10.1 Å². The molecule has 1 aliphatic rings. The standard InChI is InChI=1S/C22H28N2O4S/c1-16-12-17(2)14-20(13-16)29(26,27)24-10-8-18(9-11-24)22(25)23-15-19-6-4-5-7-21(19)28-3/h4-7,12-14,18H,8-11,15H2,1-3H3,(H,23,25). The second-order valence-electron chi connectivity index (χ2n) is 7.53. The maximum Gasteiger partial charge on any atom is 0.243 e. The normalized spacial score (nSPS) is 15.8. The number of benzene rings is 2. The third-order valence-corrected chi connectivity index (χ3v) is 7.18. The third-order valence-electron chi connectivity index (χ3n) is 5.30. The summed E-state index contributed by atoms with van der Waals surface area (Å²) in [6.45, 7) is 4.88. The summed E-state index contributed by atoms with van der Waals surface area (Å²) in [6.07, 6.45) is 1.03. The first-order valence-corrected chi connectivity index (χ1v) is 11.2. The fraction of sp³-hybridized carbons (Fsp3) is 0.409. The van der Waals surface area contributed by atoms with Crippen molar-refractivity contribution < 1.29 is 17.9 Å². The van der Waals surface area contributed by atoms with Gasteiger partial charge in [0, 0.05) is 31.1 Å². The highest BCUT2D eigenvalue weighted by Crippen LogP contribution is 2.25. The third kappa shape index (κ3) is 4.97. The van der Waals surface area contributed by atoms with Gasteiger partial charge in [0.15, 0.2) is 0 Å². The molecule has 29 heavy (non-hydrogen) atoms. The molecule has 0 atom stereocenters. The average molecular weight is 417 g/mol. The Morgan fingerprint density at radius 3 is 2.34 bits per heavy atom. The molecule has 2 aromatic rings. The van der Waals surface area contributed by atoms with Crippen LogP contribution in [0.25, 0.3) is 0 Å². The highest BCUT2D eigenvalue weighted by atomic mass is 32.2. The van der Waals surface area contributed by atoms with Crippen LogP contribution in [0.3, 0.4) is 0 Å². The Kier molecular flexibility index (Phi) is 6.59. The first kappa shape index (κ1) is 21.3. The minimum absolute atomic E-state index is 0.0423. The Hall–Kier alpha value is -2.38. The maximum atomic E-state index is 13.0. The van der Waals surface area contributed by atoms with Crippen molar-refractivity contribution >= 4 is 15.9 Å². The minimum Gasteiger partial charge on any atom is -0.496 e. The lowest BCUT2D eigenvalue weighted by atomic mass is 9.97. The van der Waals surface area contributed by atoms with E-state index in [0.717, 1.165) is 22.4 Å². The SMILES string of the molecule is COc1ccccc1CNC(=O)C1CCN(S(=O)(=O)c2cc(C)cc(C)c2)CC1. The predicted octanol–water partition coefficient (Wildman–Crippen LogP) is 3.03. The Bertz CT molecular complexity index is 960. The van der Waals surface area contributed by atoms with Gasteiger partial charge in [-0.2, -0.15) is 4.31 Å². The molecule has 1 amide bonds. The van der Waals surface area contributed by atoms with Gasteiger partial charge in [-0.25, -0.2) is 8.42 Å². The van der Waals surface area contributed by atoms with Crippen molar-refractivity contribution in [3.63, 3.8) is 0 Å². The number of methoxy groups -OCH3 is 1. The summed E-state index contributed by atoms with van der Waals surface area (Å²) in [5, 5.41) is 2.96. The molecular formula is C22H28N2O4S. The van der Waals surface area contributed by atoms with Gasteiger partial charge in [0.2, 0.25) is 15.9 Å². The number of nitrogens with one attached hydrogen (secondary N) is 1. The lowest BCUT2D eigenvalue weighted by Crippen LogP contribution is -2.42. The van der Waals surface area contributed by atoms with E-state index < -0.39 is 10.0 Å². The fourth-order valence-corrected chi connectivity index (χ4v) is 5.42. The molecule has 2 aromatic carbocycles. The van der Waals surface area contributed by atoms with Gasteiger partial charge in [-0.05, 0) is 56.0 Å². The van der Waals surface area contributed by atoms with Crippen LogP contribution in [0, 0.1) is 19.8 Å². The van der Waals surface area contributed by atoms with Crippen LogP contribution in [-0.4, -0.2) is 38.8 Å². The molecule has 1 heterocycles. The number of amides is 1. The van der Waals surface area contributed by atoms with Crippen molar-refractivity contribution in [3.8, 4) is 5.75 Å². The van der Waals surface area contributed by atoms with E-state index in [4.69, 9.17) is 4.74 Å². The number of carbonyl (C=O) groups excluding carboxylic acids is 1. The van der Waals surface area contributed by atoms with Crippen molar-refractivity contribution in [1.82, 2.24) is 9.62 Å². The number of aryl methyl sites for hydroxylation is 2. The van der Waals surface area contributed by atoms with E-state index in [2.05, 4.69) is 5.32 Å². The highest BCUT2D eigenvalue weighted by molar-refractivity contribution is 7.89. The predicted molar refractivity (Wildman–Crippen MR) is 112 cm³/mol. The summed E-state index contributed by atoms with van der Waals surface area (Å²) in [5.74, 6) is 0.511. The molecule has 0 radical (unpaired) electrons. The van der Waals surface area contributed by atoms with Crippen LogP contribution in [0.1, 0.15) is 29.5 Å². The summed E-state index contributed by atoms with van der Waals surface area (Å²) in [6, 6.07) is 12.9. The van der Waals surface area contributed by atoms with Gasteiger partial charge in [0.25, 0.3) is 0 Å². The number of hydrogen-bond acceptors (Lipinski definition) is 4. The van der Waals surface area contributed by atoms with E-state index in [1.165, 1.54) is 4.31 Å². The molecule has 0 aromatic heterocycles. The van der Waals surface area contributed by atoms with Gasteiger partial charge in [0.1, 0.15) is 5.75 Å². The van der Waals surface area contributed by atoms with Crippen LogP contribution in [0.5, 0.6) is 5.75 Å². The number of sulfonamides is 1.